The number of benzene rings is 2. The summed E-state index contributed by atoms with van der Waals surface area (Å²) >= 11 is 6.01. The zero-order valence-electron chi connectivity index (χ0n) is 19.3. The molecule has 10 heteroatoms. The van der Waals surface area contributed by atoms with Crippen LogP contribution in [0.2, 0.25) is 0 Å². The number of carbonyl (C=O) groups excluding carboxylic acids is 1. The Morgan fingerprint density at radius 2 is 1.86 bits per heavy atom. The molecular weight excluding hydrogens is 521 g/mol. The maximum atomic E-state index is 13.1. The number of pyridine rings is 1. The van der Waals surface area contributed by atoms with Crippen molar-refractivity contribution in [3.05, 3.63) is 95.0 Å². The largest absolute Gasteiger partial charge is 0.394 e. The van der Waals surface area contributed by atoms with Gasteiger partial charge < -0.3 is 10.0 Å². The van der Waals surface area contributed by atoms with Crippen molar-refractivity contribution in [2.75, 3.05) is 26.2 Å². The fourth-order valence-corrected chi connectivity index (χ4v) is 5.23. The lowest BCUT2D eigenvalue weighted by molar-refractivity contribution is 0.0726. The Morgan fingerprint density at radius 1 is 1.14 bits per heavy atom. The predicted molar refractivity (Wildman–Crippen MR) is 145 cm³/mol. The number of aliphatic hydroxyl groups is 1. The summed E-state index contributed by atoms with van der Waals surface area (Å²) in [7, 11) is -3.66. The van der Waals surface area contributed by atoms with Crippen molar-refractivity contribution >= 4 is 45.8 Å². The molecule has 1 aromatic heterocycles. The molecule has 1 aliphatic rings. The monoisotopic (exact) mass is 547 g/mol. The molecule has 0 aliphatic carbocycles. The number of carbonyl (C=O) groups is 1. The van der Waals surface area contributed by atoms with Crippen molar-refractivity contribution in [1.29, 1.82) is 0 Å². The summed E-state index contributed by atoms with van der Waals surface area (Å²) in [6.07, 6.45) is 3.23. The topological polar surface area (TPSA) is 99.6 Å². The van der Waals surface area contributed by atoms with Crippen LogP contribution in [0.25, 0.3) is 17.3 Å². The third-order valence-electron chi connectivity index (χ3n) is 5.82. The van der Waals surface area contributed by atoms with Gasteiger partial charge in [-0.15, -0.1) is 24.0 Å². The SMILES string of the molecule is Cl.O=C(c1ccc(-c2ccccn2)cc1)N1CCNC(S(=O)(=O)/C=C/c2ccc(C(Cl)CO)cc2)C1. The highest BCUT2D eigenvalue weighted by Gasteiger charge is 2.31. The van der Waals surface area contributed by atoms with Gasteiger partial charge in [-0.3, -0.25) is 15.1 Å². The smallest absolute Gasteiger partial charge is 0.253 e. The highest BCUT2D eigenvalue weighted by atomic mass is 35.5. The average molecular weight is 548 g/mol. The van der Waals surface area contributed by atoms with E-state index >= 15 is 0 Å². The van der Waals surface area contributed by atoms with Crippen LogP contribution in [-0.2, 0) is 9.84 Å². The fourth-order valence-electron chi connectivity index (χ4n) is 3.81. The molecule has 7 nitrogen and oxygen atoms in total. The summed E-state index contributed by atoms with van der Waals surface area (Å²) < 4.78 is 25.9. The number of alkyl halides is 1. The summed E-state index contributed by atoms with van der Waals surface area (Å²) in [6.45, 7) is 0.671. The molecule has 1 fully saturated rings. The summed E-state index contributed by atoms with van der Waals surface area (Å²) in [5.74, 6) is -0.210. The zero-order chi connectivity index (χ0) is 24.8. The average Bonchev–Trinajstić information content (AvgIpc) is 2.92. The number of piperazine rings is 1. The van der Waals surface area contributed by atoms with E-state index in [1.807, 2.05) is 30.3 Å². The van der Waals surface area contributed by atoms with Gasteiger partial charge in [0, 0.05) is 35.8 Å². The Morgan fingerprint density at radius 3 is 2.50 bits per heavy atom. The van der Waals surface area contributed by atoms with E-state index < -0.39 is 20.6 Å². The van der Waals surface area contributed by atoms with Gasteiger partial charge in [-0.05, 0) is 41.5 Å². The maximum absolute atomic E-state index is 13.1. The number of amides is 1. The van der Waals surface area contributed by atoms with Gasteiger partial charge in [-0.2, -0.15) is 0 Å². The molecule has 0 bridgehead atoms. The lowest BCUT2D eigenvalue weighted by atomic mass is 10.1. The molecule has 190 valence electrons. The standard InChI is InChI=1S/C26H26ClN3O4S.ClH/c27-23(18-31)20-6-4-19(5-7-20)12-16-35(33,34)25-17-30(15-14-29-25)26(32)22-10-8-21(9-11-22)24-3-1-2-13-28-24;/h1-13,16,23,25,29,31H,14-15,17-18H2;1H/b16-12+;. The molecule has 2 N–H and O–H groups in total. The molecule has 0 spiro atoms. The van der Waals surface area contributed by atoms with E-state index in [4.69, 9.17) is 16.7 Å². The lowest BCUT2D eigenvalue weighted by Crippen LogP contribution is -2.55. The highest BCUT2D eigenvalue weighted by molar-refractivity contribution is 7.95. The Balaban J connectivity index is 0.00000361. The van der Waals surface area contributed by atoms with Crippen LogP contribution in [0.15, 0.2) is 78.3 Å². The molecule has 2 atom stereocenters. The Labute approximate surface area is 222 Å². The maximum Gasteiger partial charge on any atom is 0.253 e. The number of aliphatic hydroxyl groups excluding tert-OH is 1. The van der Waals surface area contributed by atoms with Gasteiger partial charge in [0.25, 0.3) is 5.91 Å². The Bertz CT molecular complexity index is 1290. The number of halogens is 2. The number of nitrogens with one attached hydrogen (secondary N) is 1. The van der Waals surface area contributed by atoms with Gasteiger partial charge >= 0.3 is 0 Å². The molecule has 2 aromatic carbocycles. The molecule has 0 radical (unpaired) electrons. The molecule has 0 saturated carbocycles. The van der Waals surface area contributed by atoms with Gasteiger partial charge in [-0.25, -0.2) is 8.42 Å². The first kappa shape index (κ1) is 27.8. The van der Waals surface area contributed by atoms with Crippen molar-refractivity contribution < 1.29 is 18.3 Å². The predicted octanol–water partition coefficient (Wildman–Crippen LogP) is 3.90. The number of nitrogens with zero attached hydrogens (tertiary/aromatic N) is 2. The summed E-state index contributed by atoms with van der Waals surface area (Å²) in [5.41, 5.74) is 3.66. The second-order valence-electron chi connectivity index (χ2n) is 8.19. The van der Waals surface area contributed by atoms with E-state index in [-0.39, 0.29) is 31.5 Å². The lowest BCUT2D eigenvalue weighted by Gasteiger charge is -2.32. The van der Waals surface area contributed by atoms with Gasteiger partial charge in [0.2, 0.25) is 0 Å². The third-order valence-corrected chi connectivity index (χ3v) is 7.84. The first-order chi connectivity index (χ1) is 16.9. The number of aromatic nitrogens is 1. The molecule has 3 aromatic rings. The van der Waals surface area contributed by atoms with E-state index in [0.717, 1.165) is 16.8 Å². The van der Waals surface area contributed by atoms with Crippen molar-refractivity contribution in [3.63, 3.8) is 0 Å². The first-order valence-corrected chi connectivity index (χ1v) is 13.2. The van der Waals surface area contributed by atoms with E-state index in [1.54, 1.807) is 47.5 Å². The number of hydrogen-bond donors (Lipinski definition) is 2. The second kappa shape index (κ2) is 12.5. The van der Waals surface area contributed by atoms with Crippen molar-refractivity contribution in [2.45, 2.75) is 10.8 Å². The minimum atomic E-state index is -3.66. The van der Waals surface area contributed by atoms with Gasteiger partial charge in [-0.1, -0.05) is 42.5 Å². The van der Waals surface area contributed by atoms with Gasteiger partial charge in [0.15, 0.2) is 9.84 Å². The first-order valence-electron chi connectivity index (χ1n) is 11.2. The van der Waals surface area contributed by atoms with Crippen LogP contribution in [0.3, 0.4) is 0 Å². The summed E-state index contributed by atoms with van der Waals surface area (Å²) in [5, 5.41) is 11.9. The normalized spacial score (nSPS) is 16.9. The number of hydrogen-bond acceptors (Lipinski definition) is 6. The van der Waals surface area contributed by atoms with E-state index in [2.05, 4.69) is 10.3 Å². The van der Waals surface area contributed by atoms with Gasteiger partial charge in [0.1, 0.15) is 5.37 Å². The van der Waals surface area contributed by atoms with Crippen LogP contribution in [-0.4, -0.2) is 60.9 Å². The molecule has 36 heavy (non-hydrogen) atoms. The van der Waals surface area contributed by atoms with Crippen LogP contribution in [0.5, 0.6) is 0 Å². The molecule has 2 unspecified atom stereocenters. The quantitative estimate of drug-likeness (QED) is 0.435. The number of rotatable bonds is 7. The van der Waals surface area contributed by atoms with E-state index in [1.165, 1.54) is 11.5 Å². The molecule has 1 amide bonds. The third kappa shape index (κ3) is 6.72. The van der Waals surface area contributed by atoms with E-state index in [0.29, 0.717) is 24.2 Å². The van der Waals surface area contributed by atoms with Crippen LogP contribution in [0.4, 0.5) is 0 Å². The fraction of sp³-hybridized carbons (Fsp3) is 0.231. The highest BCUT2D eigenvalue weighted by Crippen LogP contribution is 2.21. The van der Waals surface area contributed by atoms with Crippen molar-refractivity contribution in [3.8, 4) is 11.3 Å². The minimum absolute atomic E-state index is 0. The molecule has 2 heterocycles. The molecule has 4 rings (SSSR count). The minimum Gasteiger partial charge on any atom is -0.394 e. The van der Waals surface area contributed by atoms with Crippen LogP contribution in [0, 0.1) is 0 Å². The number of sulfone groups is 1. The van der Waals surface area contributed by atoms with Crippen LogP contribution >= 0.6 is 24.0 Å². The summed E-state index contributed by atoms with van der Waals surface area (Å²) in [6, 6.07) is 19.8. The molecule has 1 saturated heterocycles. The van der Waals surface area contributed by atoms with E-state index in [9.17, 15) is 13.2 Å². The van der Waals surface area contributed by atoms with Crippen LogP contribution in [0.1, 0.15) is 26.9 Å². The second-order valence-corrected chi connectivity index (χ2v) is 10.7. The Hall–Kier alpha value is -2.75. The zero-order valence-corrected chi connectivity index (χ0v) is 21.7. The van der Waals surface area contributed by atoms with Crippen LogP contribution < -0.4 is 5.32 Å². The van der Waals surface area contributed by atoms with Gasteiger partial charge in [0.05, 0.1) is 24.2 Å². The molecule has 1 aliphatic heterocycles. The Kier molecular flexibility index (Phi) is 9.64. The molecular formula is C26H27Cl2N3O4S. The summed E-state index contributed by atoms with van der Waals surface area (Å²) in [4.78, 5) is 18.9. The van der Waals surface area contributed by atoms with Crippen molar-refractivity contribution in [1.82, 2.24) is 15.2 Å². The van der Waals surface area contributed by atoms with Crippen molar-refractivity contribution in [2.24, 2.45) is 0 Å².